The molecule has 3 aliphatic rings. The number of hydrogen-bond donors (Lipinski definition) is 3. The fraction of sp³-hybridized carbons (Fsp3) is 0.474. The van der Waals surface area contributed by atoms with Gasteiger partial charge in [-0.25, -0.2) is 4.79 Å². The van der Waals surface area contributed by atoms with Gasteiger partial charge in [-0.2, -0.15) is 24.8 Å². The Morgan fingerprint density at radius 2 is 2.00 bits per heavy atom. The maximum Gasteiger partial charge on any atom is 0.326 e. The molecule has 12 nitrogen and oxygen atoms in total. The molecule has 0 aromatic carbocycles. The van der Waals surface area contributed by atoms with Gasteiger partial charge in [-0.05, 0) is 18.9 Å². The summed E-state index contributed by atoms with van der Waals surface area (Å²) in [6.07, 6.45) is 5.87. The van der Waals surface area contributed by atoms with Gasteiger partial charge in [0.25, 0.3) is 5.91 Å². The number of nitrogens with one attached hydrogen (secondary N) is 3. The fourth-order valence-corrected chi connectivity index (χ4v) is 3.65. The summed E-state index contributed by atoms with van der Waals surface area (Å²) in [6, 6.07) is 2.02. The predicted octanol–water partition coefficient (Wildman–Crippen LogP) is -0.0854. The summed E-state index contributed by atoms with van der Waals surface area (Å²) in [5.74, 6) is 0.720. The van der Waals surface area contributed by atoms with E-state index in [9.17, 15) is 9.59 Å². The van der Waals surface area contributed by atoms with Crippen molar-refractivity contribution in [1.82, 2.24) is 35.1 Å². The zero-order chi connectivity index (χ0) is 21.4. The van der Waals surface area contributed by atoms with Crippen molar-refractivity contribution < 1.29 is 9.59 Å². The lowest BCUT2D eigenvalue weighted by atomic mass is 10.2. The van der Waals surface area contributed by atoms with Crippen LogP contribution in [0.15, 0.2) is 11.9 Å². The third-order valence-corrected chi connectivity index (χ3v) is 5.51. The Morgan fingerprint density at radius 3 is 2.68 bits per heavy atom. The molecule has 0 bridgehead atoms. The number of rotatable bonds is 6. The van der Waals surface area contributed by atoms with E-state index >= 15 is 0 Å². The first kappa shape index (κ1) is 19.3. The molecule has 1 saturated carbocycles. The standard InChI is InChI=1S/C19H22N10O2/c20-4-1-5-27-6-8-28(9-7-27)17-24-15-12(10-14-16(30)25-19(31)23-14)11-21-29(15)18(26-17)22-13-2-3-13/h10-11,13H,1-3,5-9H2,(H,22,24,26)(H2,23,25,30,31)/b14-10-. The summed E-state index contributed by atoms with van der Waals surface area (Å²) in [5.41, 5.74) is 1.33. The smallest absolute Gasteiger partial charge is 0.326 e. The van der Waals surface area contributed by atoms with E-state index in [1.165, 1.54) is 0 Å². The van der Waals surface area contributed by atoms with Crippen molar-refractivity contribution in [3.05, 3.63) is 17.5 Å². The summed E-state index contributed by atoms with van der Waals surface area (Å²) < 4.78 is 1.63. The van der Waals surface area contributed by atoms with Crippen LogP contribution in [0.3, 0.4) is 0 Å². The first-order valence-corrected chi connectivity index (χ1v) is 10.3. The topological polar surface area (TPSA) is 144 Å². The molecule has 0 spiro atoms. The molecule has 4 heterocycles. The van der Waals surface area contributed by atoms with E-state index in [-0.39, 0.29) is 5.70 Å². The highest BCUT2D eigenvalue weighted by atomic mass is 16.2. The van der Waals surface area contributed by atoms with E-state index in [2.05, 4.69) is 36.9 Å². The van der Waals surface area contributed by atoms with Gasteiger partial charge in [-0.1, -0.05) is 0 Å². The lowest BCUT2D eigenvalue weighted by Crippen LogP contribution is -2.47. The molecule has 0 radical (unpaired) electrons. The predicted molar refractivity (Wildman–Crippen MR) is 111 cm³/mol. The number of piperazine rings is 1. The van der Waals surface area contributed by atoms with Gasteiger partial charge in [0.1, 0.15) is 5.70 Å². The minimum Gasteiger partial charge on any atom is -0.351 e. The number of urea groups is 1. The van der Waals surface area contributed by atoms with Crippen LogP contribution in [0, 0.1) is 11.3 Å². The second kappa shape index (κ2) is 7.84. The van der Waals surface area contributed by atoms with Gasteiger partial charge in [0.05, 0.1) is 12.3 Å². The Hall–Kier alpha value is -3.72. The molecule has 2 saturated heterocycles. The minimum absolute atomic E-state index is 0.155. The lowest BCUT2D eigenvalue weighted by Gasteiger charge is -2.34. The molecule has 2 aromatic rings. The van der Waals surface area contributed by atoms with Crippen LogP contribution in [-0.4, -0.2) is 75.2 Å². The van der Waals surface area contributed by atoms with Gasteiger partial charge < -0.3 is 15.5 Å². The Balaban J connectivity index is 1.46. The number of hydrogen-bond acceptors (Lipinski definition) is 9. The van der Waals surface area contributed by atoms with Gasteiger partial charge in [-0.15, -0.1) is 0 Å². The first-order valence-electron chi connectivity index (χ1n) is 10.3. The summed E-state index contributed by atoms with van der Waals surface area (Å²) in [6.45, 7) is 3.96. The Morgan fingerprint density at radius 1 is 1.19 bits per heavy atom. The first-order chi connectivity index (χ1) is 15.1. The number of carbonyl (C=O) groups is 2. The van der Waals surface area contributed by atoms with Crippen molar-refractivity contribution in [1.29, 1.82) is 5.26 Å². The highest BCUT2D eigenvalue weighted by Gasteiger charge is 2.27. The number of nitrogens with zero attached hydrogens (tertiary/aromatic N) is 7. The Labute approximate surface area is 177 Å². The molecule has 160 valence electrons. The zero-order valence-electron chi connectivity index (χ0n) is 16.8. The monoisotopic (exact) mass is 422 g/mol. The van der Waals surface area contributed by atoms with Gasteiger partial charge in [0.15, 0.2) is 5.65 Å². The molecule has 2 aromatic heterocycles. The van der Waals surface area contributed by atoms with Crippen molar-refractivity contribution in [3.63, 3.8) is 0 Å². The molecule has 0 unspecified atom stereocenters. The summed E-state index contributed by atoms with van der Waals surface area (Å²) in [5, 5.41) is 21.3. The second-order valence-corrected chi connectivity index (χ2v) is 7.80. The highest BCUT2D eigenvalue weighted by molar-refractivity contribution is 6.14. The molecule has 3 N–H and O–H groups in total. The average molecular weight is 422 g/mol. The highest BCUT2D eigenvalue weighted by Crippen LogP contribution is 2.26. The fourth-order valence-electron chi connectivity index (χ4n) is 3.65. The van der Waals surface area contributed by atoms with Gasteiger partial charge in [0, 0.05) is 50.7 Å². The maximum atomic E-state index is 11.9. The molecular formula is C19H22N10O2. The van der Waals surface area contributed by atoms with E-state index in [1.54, 1.807) is 16.8 Å². The second-order valence-electron chi connectivity index (χ2n) is 7.80. The number of nitriles is 1. The van der Waals surface area contributed by atoms with Gasteiger partial charge in [-0.3, -0.25) is 15.0 Å². The van der Waals surface area contributed by atoms with Crippen LogP contribution >= 0.6 is 0 Å². The summed E-state index contributed by atoms with van der Waals surface area (Å²) in [7, 11) is 0. The van der Waals surface area contributed by atoms with Crippen molar-refractivity contribution in [2.45, 2.75) is 25.3 Å². The van der Waals surface area contributed by atoms with Crippen molar-refractivity contribution >= 4 is 35.6 Å². The van der Waals surface area contributed by atoms with Crippen LogP contribution in [-0.2, 0) is 4.79 Å². The normalized spacial score (nSPS) is 20.7. The quantitative estimate of drug-likeness (QED) is 0.430. The molecule has 1 aliphatic carbocycles. The maximum absolute atomic E-state index is 11.9. The van der Waals surface area contributed by atoms with E-state index in [0.717, 1.165) is 45.6 Å². The lowest BCUT2D eigenvalue weighted by molar-refractivity contribution is -0.115. The SMILES string of the molecule is N#CCCN1CCN(c2nc(NC3CC3)n3ncc(/C=C4\NC(=O)NC4=O)c3n2)CC1. The largest absolute Gasteiger partial charge is 0.351 e. The summed E-state index contributed by atoms with van der Waals surface area (Å²) >= 11 is 0. The molecule has 3 amide bonds. The molecule has 5 rings (SSSR count). The number of carbonyl (C=O) groups excluding carboxylic acids is 2. The molecular weight excluding hydrogens is 400 g/mol. The van der Waals surface area contributed by atoms with E-state index in [0.29, 0.717) is 35.6 Å². The third-order valence-electron chi connectivity index (χ3n) is 5.51. The van der Waals surface area contributed by atoms with Crippen LogP contribution in [0.25, 0.3) is 11.7 Å². The van der Waals surface area contributed by atoms with E-state index in [4.69, 9.17) is 15.2 Å². The number of fused-ring (bicyclic) bond motifs is 1. The molecule has 0 atom stereocenters. The summed E-state index contributed by atoms with van der Waals surface area (Å²) in [4.78, 5) is 37.2. The Kier molecular flexibility index (Phi) is 4.87. The average Bonchev–Trinajstić information content (AvgIpc) is 3.40. The molecule has 2 aliphatic heterocycles. The van der Waals surface area contributed by atoms with Crippen LogP contribution in [0.1, 0.15) is 24.8 Å². The van der Waals surface area contributed by atoms with Crippen LogP contribution in [0.4, 0.5) is 16.7 Å². The Bertz CT molecular complexity index is 1100. The van der Waals surface area contributed by atoms with Crippen LogP contribution < -0.4 is 20.9 Å². The number of aromatic nitrogens is 4. The number of imide groups is 1. The zero-order valence-corrected chi connectivity index (χ0v) is 16.8. The van der Waals surface area contributed by atoms with E-state index in [1.807, 2.05) is 0 Å². The van der Waals surface area contributed by atoms with E-state index < -0.39 is 11.9 Å². The van der Waals surface area contributed by atoms with Crippen LogP contribution in [0.5, 0.6) is 0 Å². The van der Waals surface area contributed by atoms with Crippen molar-refractivity contribution in [2.75, 3.05) is 42.9 Å². The molecule has 31 heavy (non-hydrogen) atoms. The number of amides is 3. The number of anilines is 2. The van der Waals surface area contributed by atoms with Gasteiger partial charge >= 0.3 is 6.03 Å². The third kappa shape index (κ3) is 3.99. The van der Waals surface area contributed by atoms with Gasteiger partial charge in [0.2, 0.25) is 11.9 Å². The molecule has 12 heteroatoms. The molecule has 3 fully saturated rings. The van der Waals surface area contributed by atoms with Crippen molar-refractivity contribution in [2.24, 2.45) is 0 Å². The minimum atomic E-state index is -0.548. The van der Waals surface area contributed by atoms with Crippen molar-refractivity contribution in [3.8, 4) is 6.07 Å². The van der Waals surface area contributed by atoms with Crippen LogP contribution in [0.2, 0.25) is 0 Å².